The van der Waals surface area contributed by atoms with Gasteiger partial charge in [0.2, 0.25) is 0 Å². The van der Waals surface area contributed by atoms with E-state index in [1.54, 1.807) is 0 Å². The Labute approximate surface area is 164 Å². The monoisotopic (exact) mass is 363 g/mol. The second-order valence-corrected chi connectivity index (χ2v) is 8.77. The summed E-state index contributed by atoms with van der Waals surface area (Å²) in [6, 6.07) is 19.3. The SMILES string of the molecule is CCCCN1CCC([C@]2(O)c3ccccc3C[C@]2(C)c2ccccc2)CC1. The molecule has 144 valence electrons. The molecule has 1 N–H and O–H groups in total. The van der Waals surface area contributed by atoms with E-state index in [2.05, 4.69) is 73.3 Å². The molecule has 2 heteroatoms. The molecule has 0 bridgehead atoms. The number of aliphatic hydroxyl groups is 1. The van der Waals surface area contributed by atoms with Crippen LogP contribution in [0.2, 0.25) is 0 Å². The molecule has 1 saturated heterocycles. The topological polar surface area (TPSA) is 23.5 Å². The van der Waals surface area contributed by atoms with E-state index in [-0.39, 0.29) is 5.41 Å². The number of piperidine rings is 1. The van der Waals surface area contributed by atoms with Crippen LogP contribution in [-0.4, -0.2) is 29.6 Å². The molecule has 27 heavy (non-hydrogen) atoms. The molecule has 0 unspecified atom stereocenters. The summed E-state index contributed by atoms with van der Waals surface area (Å²) >= 11 is 0. The molecule has 2 nitrogen and oxygen atoms in total. The van der Waals surface area contributed by atoms with E-state index >= 15 is 0 Å². The standard InChI is InChI=1S/C25H33NO/c1-3-4-16-26-17-14-22(15-18-26)25(27)23-13-9-8-10-20(23)19-24(25,2)21-11-6-5-7-12-21/h5-13,22,27H,3-4,14-19H2,1-2H3/t24-,25+/m1/s1. The van der Waals surface area contributed by atoms with Crippen LogP contribution in [-0.2, 0) is 17.4 Å². The van der Waals surface area contributed by atoms with Crippen LogP contribution in [0.5, 0.6) is 0 Å². The predicted octanol–water partition coefficient (Wildman–Crippen LogP) is 4.90. The Hall–Kier alpha value is -1.64. The van der Waals surface area contributed by atoms with Gasteiger partial charge in [-0.2, -0.15) is 0 Å². The largest absolute Gasteiger partial charge is 0.384 e. The first-order chi connectivity index (χ1) is 13.1. The molecular weight excluding hydrogens is 330 g/mol. The molecule has 2 aliphatic rings. The van der Waals surface area contributed by atoms with E-state index in [0.717, 1.165) is 32.4 Å². The van der Waals surface area contributed by atoms with Gasteiger partial charge in [0.05, 0.1) is 0 Å². The van der Waals surface area contributed by atoms with Crippen molar-refractivity contribution in [2.45, 2.75) is 57.0 Å². The van der Waals surface area contributed by atoms with Crippen molar-refractivity contribution in [1.82, 2.24) is 4.90 Å². The van der Waals surface area contributed by atoms with Crippen molar-refractivity contribution in [2.75, 3.05) is 19.6 Å². The van der Waals surface area contributed by atoms with Gasteiger partial charge in [-0.15, -0.1) is 0 Å². The number of rotatable bonds is 5. The van der Waals surface area contributed by atoms with Crippen molar-refractivity contribution in [3.63, 3.8) is 0 Å². The second-order valence-electron chi connectivity index (χ2n) is 8.77. The summed E-state index contributed by atoms with van der Waals surface area (Å²) in [4.78, 5) is 2.59. The normalized spacial score (nSPS) is 29.0. The molecule has 0 saturated carbocycles. The van der Waals surface area contributed by atoms with Gasteiger partial charge in [-0.3, -0.25) is 0 Å². The minimum absolute atomic E-state index is 0.270. The second kappa shape index (κ2) is 7.41. The van der Waals surface area contributed by atoms with Gasteiger partial charge in [-0.1, -0.05) is 74.9 Å². The van der Waals surface area contributed by atoms with Gasteiger partial charge < -0.3 is 10.0 Å². The van der Waals surface area contributed by atoms with Gasteiger partial charge in [-0.05, 0) is 67.9 Å². The van der Waals surface area contributed by atoms with Crippen molar-refractivity contribution < 1.29 is 5.11 Å². The van der Waals surface area contributed by atoms with Crippen LogP contribution < -0.4 is 0 Å². The van der Waals surface area contributed by atoms with E-state index in [9.17, 15) is 5.11 Å². The van der Waals surface area contributed by atoms with Crippen LogP contribution in [0.25, 0.3) is 0 Å². The van der Waals surface area contributed by atoms with Crippen LogP contribution in [0.4, 0.5) is 0 Å². The Kier molecular flexibility index (Phi) is 5.13. The zero-order valence-electron chi connectivity index (χ0n) is 16.8. The van der Waals surface area contributed by atoms with E-state index in [1.165, 1.54) is 36.1 Å². The molecule has 2 aromatic carbocycles. The molecular formula is C25H33NO. The van der Waals surface area contributed by atoms with Crippen molar-refractivity contribution in [3.8, 4) is 0 Å². The van der Waals surface area contributed by atoms with E-state index in [0.29, 0.717) is 5.92 Å². The summed E-state index contributed by atoms with van der Waals surface area (Å²) < 4.78 is 0. The van der Waals surface area contributed by atoms with Crippen LogP contribution in [0.3, 0.4) is 0 Å². The number of hydrogen-bond donors (Lipinski definition) is 1. The van der Waals surface area contributed by atoms with Crippen LogP contribution in [0.1, 0.15) is 56.2 Å². The Bertz CT molecular complexity index is 765. The van der Waals surface area contributed by atoms with E-state index < -0.39 is 5.60 Å². The lowest BCUT2D eigenvalue weighted by molar-refractivity contribution is -0.0964. The smallest absolute Gasteiger partial charge is 0.102 e. The summed E-state index contributed by atoms with van der Waals surface area (Å²) in [5.41, 5.74) is 2.69. The van der Waals surface area contributed by atoms with Crippen molar-refractivity contribution in [1.29, 1.82) is 0 Å². The lowest BCUT2D eigenvalue weighted by Gasteiger charge is -2.48. The molecule has 1 aliphatic heterocycles. The Morgan fingerprint density at radius 1 is 1.00 bits per heavy atom. The first-order valence-electron chi connectivity index (χ1n) is 10.7. The summed E-state index contributed by atoms with van der Waals surface area (Å²) in [5, 5.41) is 12.4. The first kappa shape index (κ1) is 18.7. The number of unbranched alkanes of at least 4 members (excludes halogenated alkanes) is 1. The molecule has 0 radical (unpaired) electrons. The maximum Gasteiger partial charge on any atom is 0.102 e. The molecule has 1 fully saturated rings. The average molecular weight is 364 g/mol. The molecule has 4 rings (SSSR count). The molecule has 2 aromatic rings. The van der Waals surface area contributed by atoms with Gasteiger partial charge in [0.1, 0.15) is 5.60 Å². The number of likely N-dealkylation sites (tertiary alicyclic amines) is 1. The van der Waals surface area contributed by atoms with Crippen LogP contribution in [0, 0.1) is 5.92 Å². The number of nitrogens with zero attached hydrogens (tertiary/aromatic N) is 1. The third kappa shape index (κ3) is 3.03. The zero-order chi connectivity index (χ0) is 18.9. The van der Waals surface area contributed by atoms with E-state index in [1.807, 2.05) is 0 Å². The summed E-state index contributed by atoms with van der Waals surface area (Å²) in [6.07, 6.45) is 5.61. The maximum atomic E-state index is 12.4. The molecule has 0 aromatic heterocycles. The van der Waals surface area contributed by atoms with Crippen molar-refractivity contribution in [3.05, 3.63) is 71.3 Å². The fourth-order valence-electron chi connectivity index (χ4n) is 5.61. The average Bonchev–Trinajstić information content (AvgIpc) is 2.96. The minimum atomic E-state index is -0.790. The molecule has 1 aliphatic carbocycles. The van der Waals surface area contributed by atoms with Crippen molar-refractivity contribution >= 4 is 0 Å². The number of benzene rings is 2. The van der Waals surface area contributed by atoms with Gasteiger partial charge in [0, 0.05) is 5.41 Å². The highest BCUT2D eigenvalue weighted by Gasteiger charge is 2.58. The quantitative estimate of drug-likeness (QED) is 0.817. The minimum Gasteiger partial charge on any atom is -0.384 e. The lowest BCUT2D eigenvalue weighted by atomic mass is 9.61. The summed E-state index contributed by atoms with van der Waals surface area (Å²) in [6.45, 7) is 7.97. The molecule has 1 heterocycles. The molecule has 0 amide bonds. The third-order valence-electron chi connectivity index (χ3n) is 7.23. The number of hydrogen-bond acceptors (Lipinski definition) is 2. The fraction of sp³-hybridized carbons (Fsp3) is 0.520. The highest BCUT2D eigenvalue weighted by Crippen LogP contribution is 2.57. The Morgan fingerprint density at radius 2 is 1.67 bits per heavy atom. The molecule has 0 spiro atoms. The first-order valence-corrected chi connectivity index (χ1v) is 10.7. The van der Waals surface area contributed by atoms with Gasteiger partial charge in [0.25, 0.3) is 0 Å². The highest BCUT2D eigenvalue weighted by molar-refractivity contribution is 5.48. The van der Waals surface area contributed by atoms with Crippen LogP contribution >= 0.6 is 0 Å². The van der Waals surface area contributed by atoms with Crippen molar-refractivity contribution in [2.24, 2.45) is 5.92 Å². The van der Waals surface area contributed by atoms with Gasteiger partial charge >= 0.3 is 0 Å². The van der Waals surface area contributed by atoms with Gasteiger partial charge in [0.15, 0.2) is 0 Å². The summed E-state index contributed by atoms with van der Waals surface area (Å²) in [7, 11) is 0. The number of fused-ring (bicyclic) bond motifs is 1. The Balaban J connectivity index is 1.69. The molecule has 2 atom stereocenters. The fourth-order valence-corrected chi connectivity index (χ4v) is 5.61. The van der Waals surface area contributed by atoms with Crippen LogP contribution in [0.15, 0.2) is 54.6 Å². The maximum absolute atomic E-state index is 12.4. The zero-order valence-corrected chi connectivity index (χ0v) is 16.8. The van der Waals surface area contributed by atoms with E-state index in [4.69, 9.17) is 0 Å². The third-order valence-corrected chi connectivity index (χ3v) is 7.23. The summed E-state index contributed by atoms with van der Waals surface area (Å²) in [5.74, 6) is 0.309. The lowest BCUT2D eigenvalue weighted by Crippen LogP contribution is -2.52. The Morgan fingerprint density at radius 3 is 2.37 bits per heavy atom. The van der Waals surface area contributed by atoms with Gasteiger partial charge in [-0.25, -0.2) is 0 Å². The highest BCUT2D eigenvalue weighted by atomic mass is 16.3. The predicted molar refractivity (Wildman–Crippen MR) is 112 cm³/mol.